The smallest absolute Gasteiger partial charge is 0.317 e. The van der Waals surface area contributed by atoms with Crippen LogP contribution in [-0.2, 0) is 28.9 Å². The molecule has 228 valence electrons. The van der Waals surface area contributed by atoms with Crippen molar-refractivity contribution in [2.24, 2.45) is 11.8 Å². The Hall–Kier alpha value is -3.75. The number of fused-ring (bicyclic) bond motifs is 3. The van der Waals surface area contributed by atoms with Gasteiger partial charge in [-0.3, -0.25) is 9.78 Å². The van der Waals surface area contributed by atoms with Crippen molar-refractivity contribution in [2.75, 3.05) is 13.1 Å². The van der Waals surface area contributed by atoms with Crippen LogP contribution < -0.4 is 5.32 Å². The van der Waals surface area contributed by atoms with Gasteiger partial charge < -0.3 is 25.0 Å². The van der Waals surface area contributed by atoms with Crippen LogP contribution in [0, 0.1) is 11.8 Å². The average Bonchev–Trinajstić information content (AvgIpc) is 3.45. The van der Waals surface area contributed by atoms with Crippen LogP contribution in [0.15, 0.2) is 79.1 Å². The molecule has 43 heavy (non-hydrogen) atoms. The Labute approximate surface area is 255 Å². The van der Waals surface area contributed by atoms with Crippen molar-refractivity contribution >= 4 is 11.9 Å². The van der Waals surface area contributed by atoms with Crippen molar-refractivity contribution in [1.82, 2.24) is 20.1 Å². The largest absolute Gasteiger partial charge is 0.391 e. The Morgan fingerprint density at radius 3 is 2.49 bits per heavy atom. The van der Waals surface area contributed by atoms with Gasteiger partial charge >= 0.3 is 6.03 Å². The number of aromatic nitrogens is 1. The van der Waals surface area contributed by atoms with E-state index in [-0.39, 0.29) is 43.0 Å². The maximum Gasteiger partial charge on any atom is 0.317 e. The number of benzene rings is 2. The van der Waals surface area contributed by atoms with Crippen molar-refractivity contribution in [3.8, 4) is 0 Å². The van der Waals surface area contributed by atoms with Gasteiger partial charge in [0, 0.05) is 44.4 Å². The number of ether oxygens (including phenoxy) is 1. The van der Waals surface area contributed by atoms with Crippen molar-refractivity contribution in [3.05, 3.63) is 101 Å². The predicted molar refractivity (Wildman–Crippen MR) is 166 cm³/mol. The third kappa shape index (κ3) is 7.25. The maximum absolute atomic E-state index is 14.5. The lowest BCUT2D eigenvalue weighted by Crippen LogP contribution is -2.49. The molecule has 3 aromatic rings. The first-order valence-corrected chi connectivity index (χ1v) is 15.3. The molecule has 0 radical (unpaired) electrons. The van der Waals surface area contributed by atoms with E-state index in [1.807, 2.05) is 87.2 Å². The van der Waals surface area contributed by atoms with Crippen LogP contribution in [0.2, 0.25) is 0 Å². The fourth-order valence-electron chi connectivity index (χ4n) is 6.61. The van der Waals surface area contributed by atoms with Gasteiger partial charge in [0.1, 0.15) is 5.72 Å². The van der Waals surface area contributed by atoms with Crippen LogP contribution in [0.5, 0.6) is 0 Å². The average molecular weight is 585 g/mol. The second-order valence-corrected chi connectivity index (χ2v) is 12.8. The number of hydrogen-bond donors (Lipinski definition) is 2. The zero-order valence-corrected chi connectivity index (χ0v) is 25.6. The summed E-state index contributed by atoms with van der Waals surface area (Å²) in [5.74, 6) is -0.320. The number of amides is 3. The molecule has 8 nitrogen and oxygen atoms in total. The number of rotatable bonds is 11. The van der Waals surface area contributed by atoms with Crippen LogP contribution in [-0.4, -0.2) is 62.9 Å². The van der Waals surface area contributed by atoms with Crippen molar-refractivity contribution < 1.29 is 19.4 Å². The lowest BCUT2D eigenvalue weighted by Gasteiger charge is -2.37. The van der Waals surface area contributed by atoms with E-state index in [1.54, 1.807) is 17.3 Å². The molecular formula is C35H44N4O4. The number of hydrogen-bond acceptors (Lipinski definition) is 5. The summed E-state index contributed by atoms with van der Waals surface area (Å²) in [5, 5.41) is 14.4. The summed E-state index contributed by atoms with van der Waals surface area (Å²) in [6, 6.07) is 21.5. The van der Waals surface area contributed by atoms with Gasteiger partial charge in [0.05, 0.1) is 18.2 Å². The van der Waals surface area contributed by atoms with Gasteiger partial charge in [-0.1, -0.05) is 74.5 Å². The van der Waals surface area contributed by atoms with E-state index in [0.717, 1.165) is 23.1 Å². The molecule has 3 amide bonds. The minimum absolute atomic E-state index is 0.0338. The molecule has 0 spiro atoms. The Bertz CT molecular complexity index is 1380. The number of pyridine rings is 1. The summed E-state index contributed by atoms with van der Waals surface area (Å²) in [6.07, 6.45) is 3.92. The normalized spacial score (nSPS) is 19.9. The summed E-state index contributed by atoms with van der Waals surface area (Å²) < 4.78 is 6.47. The minimum Gasteiger partial charge on any atom is -0.391 e. The molecule has 1 aliphatic heterocycles. The van der Waals surface area contributed by atoms with E-state index < -0.39 is 17.7 Å². The zero-order chi connectivity index (χ0) is 30.6. The lowest BCUT2D eigenvalue weighted by molar-refractivity contribution is -0.153. The molecular weight excluding hydrogens is 540 g/mol. The Morgan fingerprint density at radius 1 is 1.05 bits per heavy atom. The molecule has 0 unspecified atom stereocenters. The molecule has 2 aliphatic rings. The Morgan fingerprint density at radius 2 is 1.77 bits per heavy atom. The molecule has 2 aromatic carbocycles. The van der Waals surface area contributed by atoms with Gasteiger partial charge in [-0.25, -0.2) is 4.79 Å². The molecule has 4 atom stereocenters. The van der Waals surface area contributed by atoms with Crippen LogP contribution >= 0.6 is 0 Å². The van der Waals surface area contributed by atoms with Gasteiger partial charge in [0.25, 0.3) is 0 Å². The van der Waals surface area contributed by atoms with Crippen LogP contribution in [0.3, 0.4) is 0 Å². The van der Waals surface area contributed by atoms with Gasteiger partial charge in [-0.05, 0) is 60.9 Å². The molecule has 0 saturated carbocycles. The van der Waals surface area contributed by atoms with E-state index in [9.17, 15) is 14.7 Å². The number of carbonyl (C=O) groups excluding carboxylic acids is 2. The molecule has 0 bridgehead atoms. The first-order chi connectivity index (χ1) is 20.6. The van der Waals surface area contributed by atoms with E-state index in [4.69, 9.17) is 4.74 Å². The molecule has 1 saturated heterocycles. The number of aliphatic hydroxyl groups excluding tert-OH is 1. The topological polar surface area (TPSA) is 95.0 Å². The molecule has 2 heterocycles. The first-order valence-electron chi connectivity index (χ1n) is 15.3. The standard InChI is InChI=1S/C35H44N4O4/c1-24(2)22-38(34(42)37-21-26-13-10-16-36-20-26)23-29(40)18-28(17-25-11-6-5-7-12-25)33(41)39-32-30-15-9-8-14-27(30)19-31(32)43-35(39,3)4/h5-16,20,24,28-29,31-32,40H,17-19,21-23H2,1-4H3,(H,37,42)/t28-,29+,31-,32+/m1/s1. The molecule has 8 heteroatoms. The number of urea groups is 1. The summed E-state index contributed by atoms with van der Waals surface area (Å²) in [6.45, 7) is 8.96. The van der Waals surface area contributed by atoms with Crippen LogP contribution in [0.1, 0.15) is 62.4 Å². The summed E-state index contributed by atoms with van der Waals surface area (Å²) in [4.78, 5) is 35.5. The second kappa shape index (κ2) is 13.3. The second-order valence-electron chi connectivity index (χ2n) is 12.8. The maximum atomic E-state index is 14.5. The van der Waals surface area contributed by atoms with Gasteiger partial charge in [0.2, 0.25) is 5.91 Å². The van der Waals surface area contributed by atoms with Crippen molar-refractivity contribution in [2.45, 2.75) is 77.5 Å². The monoisotopic (exact) mass is 584 g/mol. The van der Waals surface area contributed by atoms with Crippen LogP contribution in [0.25, 0.3) is 0 Å². The SMILES string of the molecule is CC(C)CN(C[C@@H](O)C[C@@H](Cc1ccccc1)C(=O)N1[C@H]2c3ccccc3C[C@H]2OC1(C)C)C(=O)NCc1cccnc1. The predicted octanol–water partition coefficient (Wildman–Crippen LogP) is 5.12. The summed E-state index contributed by atoms with van der Waals surface area (Å²) in [5.41, 5.74) is 3.50. The molecule has 1 fully saturated rings. The molecule has 5 rings (SSSR count). The number of carbonyl (C=O) groups is 2. The highest BCUT2D eigenvalue weighted by Crippen LogP contribution is 2.49. The van der Waals surface area contributed by atoms with E-state index in [1.165, 1.54) is 5.56 Å². The van der Waals surface area contributed by atoms with E-state index in [2.05, 4.69) is 22.4 Å². The summed E-state index contributed by atoms with van der Waals surface area (Å²) >= 11 is 0. The quantitative estimate of drug-likeness (QED) is 0.326. The molecule has 1 aromatic heterocycles. The van der Waals surface area contributed by atoms with E-state index in [0.29, 0.717) is 19.5 Å². The van der Waals surface area contributed by atoms with Crippen LogP contribution in [0.4, 0.5) is 4.79 Å². The fraction of sp³-hybridized carbons (Fsp3) is 0.457. The number of nitrogens with one attached hydrogen (secondary N) is 1. The minimum atomic E-state index is -0.890. The van der Waals surface area contributed by atoms with Gasteiger partial charge in [-0.2, -0.15) is 0 Å². The highest BCUT2D eigenvalue weighted by atomic mass is 16.5. The van der Waals surface area contributed by atoms with Crippen molar-refractivity contribution in [3.63, 3.8) is 0 Å². The third-order valence-corrected chi connectivity index (χ3v) is 8.38. The number of aliphatic hydroxyl groups is 1. The Balaban J connectivity index is 1.34. The highest BCUT2D eigenvalue weighted by Gasteiger charge is 2.54. The van der Waals surface area contributed by atoms with Gasteiger partial charge in [-0.15, -0.1) is 0 Å². The molecule has 2 N–H and O–H groups in total. The highest BCUT2D eigenvalue weighted by molar-refractivity contribution is 5.81. The van der Waals surface area contributed by atoms with Crippen molar-refractivity contribution in [1.29, 1.82) is 0 Å². The zero-order valence-electron chi connectivity index (χ0n) is 25.6. The third-order valence-electron chi connectivity index (χ3n) is 8.38. The molecule has 1 aliphatic carbocycles. The number of nitrogens with zero attached hydrogens (tertiary/aromatic N) is 3. The van der Waals surface area contributed by atoms with E-state index >= 15 is 0 Å². The van der Waals surface area contributed by atoms with Gasteiger partial charge in [0.15, 0.2) is 0 Å². The Kier molecular flexibility index (Phi) is 9.47. The lowest BCUT2D eigenvalue weighted by atomic mass is 9.90. The summed E-state index contributed by atoms with van der Waals surface area (Å²) in [7, 11) is 0. The fourth-order valence-corrected chi connectivity index (χ4v) is 6.61. The first kappa shape index (κ1) is 30.7.